The Morgan fingerprint density at radius 2 is 1.90 bits per heavy atom. The molecule has 4 heteroatoms. The van der Waals surface area contributed by atoms with E-state index in [1.54, 1.807) is 6.07 Å². The van der Waals surface area contributed by atoms with E-state index in [0.29, 0.717) is 0 Å². The quantitative estimate of drug-likeness (QED) is 0.848. The van der Waals surface area contributed by atoms with Gasteiger partial charge in [0.05, 0.1) is 5.71 Å². The van der Waals surface area contributed by atoms with Crippen LogP contribution >= 0.6 is 0 Å². The van der Waals surface area contributed by atoms with Crippen LogP contribution in [0.15, 0.2) is 23.3 Å². The molecule has 0 saturated carbocycles. The summed E-state index contributed by atoms with van der Waals surface area (Å²) in [5.74, 6) is -0.174. The minimum atomic E-state index is -0.174. The molecule has 3 nitrogen and oxygen atoms in total. The third-order valence-corrected chi connectivity index (χ3v) is 4.56. The number of hydrazone groups is 1. The van der Waals surface area contributed by atoms with Crippen LogP contribution in [-0.2, 0) is 6.42 Å². The standard InChI is InChI=1S/C17H20FN3/c18-12-7-8-14-13(11-12)17-15(19-14)5-4-6-16(17)20-21-9-2-1-3-10-21/h7-8,11,19H,1-6,9-10H2/b20-16-. The number of halogens is 1. The van der Waals surface area contributed by atoms with Gasteiger partial charge >= 0.3 is 0 Å². The Kier molecular flexibility index (Phi) is 3.17. The molecule has 110 valence electrons. The lowest BCUT2D eigenvalue weighted by molar-refractivity contribution is 0.238. The summed E-state index contributed by atoms with van der Waals surface area (Å²) < 4.78 is 13.6. The summed E-state index contributed by atoms with van der Waals surface area (Å²) in [6.45, 7) is 2.10. The smallest absolute Gasteiger partial charge is 0.123 e. The Hall–Kier alpha value is -1.84. The van der Waals surface area contributed by atoms with E-state index in [-0.39, 0.29) is 5.82 Å². The Balaban J connectivity index is 1.80. The summed E-state index contributed by atoms with van der Waals surface area (Å²) in [7, 11) is 0. The Morgan fingerprint density at radius 3 is 2.76 bits per heavy atom. The molecule has 21 heavy (non-hydrogen) atoms. The highest BCUT2D eigenvalue weighted by Gasteiger charge is 2.22. The van der Waals surface area contributed by atoms with Gasteiger partial charge in [-0.25, -0.2) is 4.39 Å². The first kappa shape index (κ1) is 12.9. The number of hydrogen-bond acceptors (Lipinski definition) is 2. The summed E-state index contributed by atoms with van der Waals surface area (Å²) in [6.07, 6.45) is 6.91. The predicted octanol–water partition coefficient (Wildman–Crippen LogP) is 3.83. The van der Waals surface area contributed by atoms with E-state index in [0.717, 1.165) is 54.5 Å². The van der Waals surface area contributed by atoms with E-state index >= 15 is 0 Å². The van der Waals surface area contributed by atoms with Gasteiger partial charge in [0.1, 0.15) is 5.82 Å². The van der Waals surface area contributed by atoms with Crippen molar-refractivity contribution >= 4 is 16.6 Å². The molecule has 1 saturated heterocycles. The van der Waals surface area contributed by atoms with Gasteiger partial charge in [0.15, 0.2) is 0 Å². The molecule has 1 aromatic heterocycles. The number of aromatic nitrogens is 1. The van der Waals surface area contributed by atoms with Crippen LogP contribution in [0.1, 0.15) is 43.4 Å². The zero-order valence-electron chi connectivity index (χ0n) is 12.2. The Morgan fingerprint density at radius 1 is 1.05 bits per heavy atom. The first-order valence-corrected chi connectivity index (χ1v) is 7.94. The van der Waals surface area contributed by atoms with E-state index in [2.05, 4.69) is 9.99 Å². The zero-order valence-corrected chi connectivity index (χ0v) is 12.2. The molecule has 1 aliphatic carbocycles. The topological polar surface area (TPSA) is 31.4 Å². The lowest BCUT2D eigenvalue weighted by Crippen LogP contribution is -2.27. The average Bonchev–Trinajstić information content (AvgIpc) is 2.87. The Labute approximate surface area is 123 Å². The number of rotatable bonds is 1. The predicted molar refractivity (Wildman–Crippen MR) is 83.2 cm³/mol. The minimum absolute atomic E-state index is 0.174. The third-order valence-electron chi connectivity index (χ3n) is 4.56. The third kappa shape index (κ3) is 2.33. The molecule has 1 aromatic carbocycles. The fourth-order valence-electron chi connectivity index (χ4n) is 3.54. The molecule has 2 aliphatic rings. The van der Waals surface area contributed by atoms with Crippen LogP contribution in [0, 0.1) is 5.82 Å². The van der Waals surface area contributed by atoms with E-state index in [9.17, 15) is 4.39 Å². The number of nitrogens with one attached hydrogen (secondary N) is 1. The van der Waals surface area contributed by atoms with Crippen molar-refractivity contribution < 1.29 is 4.39 Å². The van der Waals surface area contributed by atoms with Crippen molar-refractivity contribution in [3.05, 3.63) is 35.3 Å². The average molecular weight is 285 g/mol. The molecule has 1 aliphatic heterocycles. The number of fused-ring (bicyclic) bond motifs is 3. The summed E-state index contributed by atoms with van der Waals surface area (Å²) in [5, 5.41) is 8.08. The lowest BCUT2D eigenvalue weighted by Gasteiger charge is -2.26. The maximum Gasteiger partial charge on any atom is 0.123 e. The highest BCUT2D eigenvalue weighted by Crippen LogP contribution is 2.30. The second kappa shape index (κ2) is 5.17. The molecular formula is C17H20FN3. The first-order chi connectivity index (χ1) is 10.3. The number of aryl methyl sites for hydroxylation is 1. The highest BCUT2D eigenvalue weighted by atomic mass is 19.1. The van der Waals surface area contributed by atoms with Crippen LogP contribution in [0.3, 0.4) is 0 Å². The van der Waals surface area contributed by atoms with Crippen LogP contribution in [0.25, 0.3) is 10.9 Å². The van der Waals surface area contributed by atoms with Crippen molar-refractivity contribution in [1.29, 1.82) is 0 Å². The monoisotopic (exact) mass is 285 g/mol. The molecular weight excluding hydrogens is 265 g/mol. The van der Waals surface area contributed by atoms with Crippen LogP contribution in [0.4, 0.5) is 4.39 Å². The lowest BCUT2D eigenvalue weighted by atomic mass is 9.93. The van der Waals surface area contributed by atoms with Gasteiger partial charge in [-0.3, -0.25) is 5.01 Å². The normalized spacial score (nSPS) is 21.0. The van der Waals surface area contributed by atoms with Gasteiger partial charge in [0.25, 0.3) is 0 Å². The molecule has 0 bridgehead atoms. The molecule has 4 rings (SSSR count). The molecule has 0 spiro atoms. The van der Waals surface area contributed by atoms with Crippen LogP contribution < -0.4 is 0 Å². The van der Waals surface area contributed by atoms with Gasteiger partial charge in [-0.05, 0) is 56.7 Å². The number of H-pyrrole nitrogens is 1. The fraction of sp³-hybridized carbons (Fsp3) is 0.471. The maximum atomic E-state index is 13.6. The van der Waals surface area contributed by atoms with Crippen molar-refractivity contribution in [2.75, 3.05) is 13.1 Å². The van der Waals surface area contributed by atoms with Crippen molar-refractivity contribution in [2.45, 2.75) is 38.5 Å². The van der Waals surface area contributed by atoms with Crippen molar-refractivity contribution in [2.24, 2.45) is 5.10 Å². The van der Waals surface area contributed by atoms with Gasteiger partial charge in [-0.1, -0.05) is 0 Å². The number of hydrogen-bond donors (Lipinski definition) is 1. The second-order valence-corrected chi connectivity index (χ2v) is 6.08. The number of piperidine rings is 1. The van der Waals surface area contributed by atoms with E-state index in [1.165, 1.54) is 31.0 Å². The molecule has 1 N–H and O–H groups in total. The summed E-state index contributed by atoms with van der Waals surface area (Å²) in [5.41, 5.74) is 4.53. The molecule has 0 radical (unpaired) electrons. The molecule has 1 fully saturated rings. The van der Waals surface area contributed by atoms with E-state index < -0.39 is 0 Å². The summed E-state index contributed by atoms with van der Waals surface area (Å²) >= 11 is 0. The van der Waals surface area contributed by atoms with Gasteiger partial charge in [-0.15, -0.1) is 0 Å². The van der Waals surface area contributed by atoms with Gasteiger partial charge < -0.3 is 4.98 Å². The Bertz CT molecular complexity index is 695. The minimum Gasteiger partial charge on any atom is -0.358 e. The van der Waals surface area contributed by atoms with E-state index in [1.807, 2.05) is 6.07 Å². The van der Waals surface area contributed by atoms with Crippen molar-refractivity contribution in [3.8, 4) is 0 Å². The number of nitrogens with zero attached hydrogens (tertiary/aromatic N) is 2. The molecule has 0 amide bonds. The molecule has 0 unspecified atom stereocenters. The molecule has 0 atom stereocenters. The SMILES string of the molecule is Fc1ccc2[nH]c3c(c2c1)/C(=N\N1CCCCC1)CCC3. The van der Waals surface area contributed by atoms with Gasteiger partial charge in [-0.2, -0.15) is 5.10 Å². The molecule has 2 aromatic rings. The van der Waals surface area contributed by atoms with Crippen LogP contribution in [0.5, 0.6) is 0 Å². The summed E-state index contributed by atoms with van der Waals surface area (Å²) in [6, 6.07) is 4.99. The van der Waals surface area contributed by atoms with Crippen molar-refractivity contribution in [3.63, 3.8) is 0 Å². The summed E-state index contributed by atoms with van der Waals surface area (Å²) in [4.78, 5) is 3.44. The van der Waals surface area contributed by atoms with E-state index in [4.69, 9.17) is 5.10 Å². The second-order valence-electron chi connectivity index (χ2n) is 6.08. The van der Waals surface area contributed by atoms with Crippen LogP contribution in [-0.4, -0.2) is 28.8 Å². The van der Waals surface area contributed by atoms with Gasteiger partial charge in [0.2, 0.25) is 0 Å². The van der Waals surface area contributed by atoms with Crippen LogP contribution in [0.2, 0.25) is 0 Å². The van der Waals surface area contributed by atoms with Crippen molar-refractivity contribution in [1.82, 2.24) is 9.99 Å². The maximum absolute atomic E-state index is 13.6. The highest BCUT2D eigenvalue weighted by molar-refractivity contribution is 6.12. The number of aromatic amines is 1. The largest absolute Gasteiger partial charge is 0.358 e. The zero-order chi connectivity index (χ0) is 14.2. The number of benzene rings is 1. The first-order valence-electron chi connectivity index (χ1n) is 7.94. The fourth-order valence-corrected chi connectivity index (χ4v) is 3.54. The molecule has 2 heterocycles. The van der Waals surface area contributed by atoms with Gasteiger partial charge in [0, 0.05) is 35.2 Å².